The first-order valence-corrected chi connectivity index (χ1v) is 10.8. The molecule has 2 aliphatic rings. The van der Waals surface area contributed by atoms with Crippen molar-refractivity contribution in [3.05, 3.63) is 93.2 Å². The number of fused-ring (bicyclic) bond motifs is 3. The summed E-state index contributed by atoms with van der Waals surface area (Å²) in [6.07, 6.45) is -0.142. The summed E-state index contributed by atoms with van der Waals surface area (Å²) in [5.41, 5.74) is 3.01. The molecule has 0 aromatic heterocycles. The number of hydrogen-bond acceptors (Lipinski definition) is 4. The zero-order valence-corrected chi connectivity index (χ0v) is 18.2. The minimum atomic E-state index is -0.774. The zero-order chi connectivity index (χ0) is 21.5. The standard InChI is InChI=1S/C24H19Cl2FN2O2/c1-2-30-22-11-10-14(12-17(22)26)19-13-20-15-6-3-4-9-21(15)31-24(29(20)28-19)23-16(25)7-5-8-18(23)27/h3-12,20,24H,2,13H2,1H3/t20-,24+/m1/s1. The summed E-state index contributed by atoms with van der Waals surface area (Å²) in [6, 6.07) is 17.9. The van der Waals surface area contributed by atoms with E-state index in [0.717, 1.165) is 16.8 Å². The largest absolute Gasteiger partial charge is 0.492 e. The molecule has 0 unspecified atom stereocenters. The van der Waals surface area contributed by atoms with Gasteiger partial charge in [-0.15, -0.1) is 0 Å². The maximum Gasteiger partial charge on any atom is 0.218 e. The second-order valence-electron chi connectivity index (χ2n) is 7.37. The van der Waals surface area contributed by atoms with Gasteiger partial charge in [-0.3, -0.25) is 0 Å². The second-order valence-corrected chi connectivity index (χ2v) is 8.18. The SMILES string of the molecule is CCOc1ccc(C2=NN3[C@H](C2)c2ccccc2O[C@H]3c2c(F)cccc2Cl)cc1Cl. The molecule has 3 aromatic carbocycles. The van der Waals surface area contributed by atoms with Gasteiger partial charge in [0.25, 0.3) is 0 Å². The third-order valence-electron chi connectivity index (χ3n) is 5.51. The van der Waals surface area contributed by atoms with Gasteiger partial charge in [-0.25, -0.2) is 9.40 Å². The summed E-state index contributed by atoms with van der Waals surface area (Å²) in [5, 5.41) is 7.46. The molecule has 2 atom stereocenters. The second kappa shape index (κ2) is 8.06. The van der Waals surface area contributed by atoms with Crippen LogP contribution in [0.4, 0.5) is 4.39 Å². The van der Waals surface area contributed by atoms with Gasteiger partial charge in [-0.2, -0.15) is 5.10 Å². The topological polar surface area (TPSA) is 34.1 Å². The molecule has 3 aromatic rings. The molecule has 2 aliphatic heterocycles. The lowest BCUT2D eigenvalue weighted by molar-refractivity contribution is -0.0211. The number of halogens is 3. The van der Waals surface area contributed by atoms with Gasteiger partial charge in [0.15, 0.2) is 0 Å². The van der Waals surface area contributed by atoms with Crippen molar-refractivity contribution < 1.29 is 13.9 Å². The highest BCUT2D eigenvalue weighted by atomic mass is 35.5. The van der Waals surface area contributed by atoms with E-state index in [1.165, 1.54) is 6.07 Å². The molecule has 0 aliphatic carbocycles. The first kappa shape index (κ1) is 20.2. The average molecular weight is 457 g/mol. The first-order valence-electron chi connectivity index (χ1n) is 10.0. The Hall–Kier alpha value is -2.76. The minimum Gasteiger partial charge on any atom is -0.492 e. The molecule has 0 spiro atoms. The van der Waals surface area contributed by atoms with Crippen LogP contribution < -0.4 is 9.47 Å². The van der Waals surface area contributed by atoms with E-state index in [1.54, 1.807) is 17.1 Å². The molecule has 7 heteroatoms. The van der Waals surface area contributed by atoms with Gasteiger partial charge in [0.05, 0.1) is 34.0 Å². The van der Waals surface area contributed by atoms with Crippen molar-refractivity contribution in [2.75, 3.05) is 6.61 Å². The molecule has 0 saturated carbocycles. The Labute approximate surface area is 189 Å². The Morgan fingerprint density at radius 2 is 1.94 bits per heavy atom. The highest BCUT2D eigenvalue weighted by molar-refractivity contribution is 6.32. The fraction of sp³-hybridized carbons (Fsp3) is 0.208. The van der Waals surface area contributed by atoms with Crippen LogP contribution in [0.5, 0.6) is 11.5 Å². The summed E-state index contributed by atoms with van der Waals surface area (Å²) in [5.74, 6) is 0.909. The number of hydrogen-bond donors (Lipinski definition) is 0. The Morgan fingerprint density at radius 1 is 1.10 bits per heavy atom. The van der Waals surface area contributed by atoms with E-state index in [4.69, 9.17) is 37.8 Å². The van der Waals surface area contributed by atoms with Crippen LogP contribution in [-0.4, -0.2) is 17.3 Å². The van der Waals surface area contributed by atoms with Crippen LogP contribution in [0.3, 0.4) is 0 Å². The average Bonchev–Trinajstić information content (AvgIpc) is 3.21. The molecule has 0 N–H and O–H groups in total. The lowest BCUT2D eigenvalue weighted by Crippen LogP contribution is -2.34. The number of ether oxygens (including phenoxy) is 2. The molecule has 0 saturated heterocycles. The molecule has 31 heavy (non-hydrogen) atoms. The Bertz CT molecular complexity index is 1160. The van der Waals surface area contributed by atoms with Crippen LogP contribution in [-0.2, 0) is 0 Å². The lowest BCUT2D eigenvalue weighted by Gasteiger charge is -2.38. The third-order valence-corrected chi connectivity index (χ3v) is 6.14. The van der Waals surface area contributed by atoms with Gasteiger partial charge in [0.1, 0.15) is 17.3 Å². The number of benzene rings is 3. The monoisotopic (exact) mass is 456 g/mol. The molecule has 5 rings (SSSR count). The van der Waals surface area contributed by atoms with Crippen LogP contribution in [0.15, 0.2) is 65.8 Å². The Balaban J connectivity index is 1.59. The van der Waals surface area contributed by atoms with Crippen LogP contribution in [0.25, 0.3) is 0 Å². The fourth-order valence-electron chi connectivity index (χ4n) is 4.10. The minimum absolute atomic E-state index is 0.106. The highest BCUT2D eigenvalue weighted by Crippen LogP contribution is 2.49. The Kier molecular flexibility index (Phi) is 5.24. The molecule has 0 amide bonds. The van der Waals surface area contributed by atoms with Crippen LogP contribution in [0.2, 0.25) is 10.0 Å². The number of rotatable bonds is 4. The summed E-state index contributed by atoms with van der Waals surface area (Å²) < 4.78 is 26.5. The van der Waals surface area contributed by atoms with E-state index in [9.17, 15) is 4.39 Å². The van der Waals surface area contributed by atoms with Gasteiger partial charge in [0.2, 0.25) is 6.23 Å². The van der Waals surface area contributed by atoms with Crippen molar-refractivity contribution in [2.45, 2.75) is 25.6 Å². The molecule has 0 bridgehead atoms. The number of hydrazone groups is 1. The van der Waals surface area contributed by atoms with Crippen LogP contribution >= 0.6 is 23.2 Å². The smallest absolute Gasteiger partial charge is 0.218 e. The Morgan fingerprint density at radius 3 is 2.71 bits per heavy atom. The summed E-state index contributed by atoms with van der Waals surface area (Å²) >= 11 is 12.8. The normalized spacial score (nSPS) is 19.4. The van der Waals surface area contributed by atoms with Crippen molar-refractivity contribution >= 4 is 28.9 Å². The van der Waals surface area contributed by atoms with E-state index < -0.39 is 12.0 Å². The van der Waals surface area contributed by atoms with Crippen molar-refractivity contribution in [3.8, 4) is 11.5 Å². The van der Waals surface area contributed by atoms with Crippen molar-refractivity contribution in [1.82, 2.24) is 5.01 Å². The van der Waals surface area contributed by atoms with Crippen molar-refractivity contribution in [1.29, 1.82) is 0 Å². The molecule has 0 fully saturated rings. The summed E-state index contributed by atoms with van der Waals surface area (Å²) in [7, 11) is 0. The van der Waals surface area contributed by atoms with Crippen LogP contribution in [0, 0.1) is 5.82 Å². The predicted molar refractivity (Wildman–Crippen MR) is 120 cm³/mol. The number of nitrogens with zero attached hydrogens (tertiary/aromatic N) is 2. The van der Waals surface area contributed by atoms with Gasteiger partial charge in [-0.1, -0.05) is 47.5 Å². The molecule has 158 valence electrons. The predicted octanol–water partition coefficient (Wildman–Crippen LogP) is 6.77. The first-order chi connectivity index (χ1) is 15.1. The quantitative estimate of drug-likeness (QED) is 0.434. The maximum absolute atomic E-state index is 14.8. The zero-order valence-electron chi connectivity index (χ0n) is 16.7. The molecule has 4 nitrogen and oxygen atoms in total. The number of para-hydroxylation sites is 1. The van der Waals surface area contributed by atoms with Crippen LogP contribution in [0.1, 0.15) is 42.3 Å². The molecular weight excluding hydrogens is 438 g/mol. The van der Waals surface area contributed by atoms with E-state index in [1.807, 2.05) is 49.4 Å². The van der Waals surface area contributed by atoms with Gasteiger partial charge in [-0.05, 0) is 48.9 Å². The van der Waals surface area contributed by atoms with Gasteiger partial charge < -0.3 is 9.47 Å². The maximum atomic E-state index is 14.8. The fourth-order valence-corrected chi connectivity index (χ4v) is 4.59. The summed E-state index contributed by atoms with van der Waals surface area (Å²) in [6.45, 7) is 2.45. The van der Waals surface area contributed by atoms with Gasteiger partial charge in [0, 0.05) is 12.0 Å². The van der Waals surface area contributed by atoms with Gasteiger partial charge >= 0.3 is 0 Å². The van der Waals surface area contributed by atoms with E-state index in [2.05, 4.69) is 0 Å². The van der Waals surface area contributed by atoms with Crippen molar-refractivity contribution in [3.63, 3.8) is 0 Å². The lowest BCUT2D eigenvalue weighted by atomic mass is 9.96. The molecular formula is C24H19Cl2FN2O2. The molecule has 2 heterocycles. The highest BCUT2D eigenvalue weighted by Gasteiger charge is 2.42. The van der Waals surface area contributed by atoms with Crippen molar-refractivity contribution in [2.24, 2.45) is 5.10 Å². The summed E-state index contributed by atoms with van der Waals surface area (Å²) in [4.78, 5) is 0. The molecule has 0 radical (unpaired) electrons. The van der Waals surface area contributed by atoms with E-state index >= 15 is 0 Å². The third kappa shape index (κ3) is 3.52. The van der Waals surface area contributed by atoms with E-state index in [0.29, 0.717) is 34.6 Å². The van der Waals surface area contributed by atoms with E-state index in [-0.39, 0.29) is 11.6 Å².